The molecule has 6 nitrogen and oxygen atoms in total. The van der Waals surface area contributed by atoms with Crippen LogP contribution >= 0.6 is 0 Å². The monoisotopic (exact) mass is 341 g/mol. The lowest BCUT2D eigenvalue weighted by molar-refractivity contribution is -0.138. The molecule has 0 unspecified atom stereocenters. The van der Waals surface area contributed by atoms with Crippen molar-refractivity contribution in [3.63, 3.8) is 0 Å². The Kier molecular flexibility index (Phi) is 4.34. The number of carbonyl (C=O) groups excluding carboxylic acids is 1. The quantitative estimate of drug-likeness (QED) is 0.931. The second-order valence-electron chi connectivity index (χ2n) is 6.73. The number of piperidine rings is 1. The smallest absolute Gasteiger partial charge is 0.229 e. The second-order valence-corrected chi connectivity index (χ2v) is 6.73. The molecule has 1 saturated heterocycles. The summed E-state index contributed by atoms with van der Waals surface area (Å²) in [5.41, 5.74) is 1.05. The van der Waals surface area contributed by atoms with Crippen molar-refractivity contribution in [3.05, 3.63) is 42.0 Å². The van der Waals surface area contributed by atoms with Gasteiger partial charge in [0.2, 0.25) is 5.91 Å². The third kappa shape index (κ3) is 3.08. The highest BCUT2D eigenvalue weighted by molar-refractivity contribution is 5.80. The maximum absolute atomic E-state index is 12.9. The van der Waals surface area contributed by atoms with Gasteiger partial charge in [-0.3, -0.25) is 4.79 Å². The number of para-hydroxylation sites is 1. The minimum atomic E-state index is -0.111. The number of ether oxygens (including phenoxy) is 2. The molecule has 0 spiro atoms. The number of likely N-dealkylation sites (tertiary alicyclic amines) is 1. The number of rotatable bonds is 3. The molecule has 2 aliphatic rings. The lowest BCUT2D eigenvalue weighted by atomic mass is 9.92. The molecule has 1 fully saturated rings. The Hall–Kier alpha value is -2.50. The summed E-state index contributed by atoms with van der Waals surface area (Å²) >= 11 is 0. The second kappa shape index (κ2) is 6.78. The van der Waals surface area contributed by atoms with E-state index in [0.29, 0.717) is 18.9 Å². The van der Waals surface area contributed by atoms with Crippen molar-refractivity contribution in [2.24, 2.45) is 5.92 Å². The molecule has 2 aliphatic heterocycles. The fourth-order valence-corrected chi connectivity index (χ4v) is 3.85. The molecule has 1 N–H and O–H groups in total. The standard InChI is InChI=1S/C19H23N3O3/c1-24-16-4-2-3-14-11-15(12-25-17(14)16)19(23)22-9-5-13(6-10-22)18-20-7-8-21-18/h2-4,7-8,13,15H,5-6,9-12H2,1H3,(H,20,21)/t15-/m1/s1. The van der Waals surface area contributed by atoms with Gasteiger partial charge < -0.3 is 19.4 Å². The van der Waals surface area contributed by atoms with Crippen LogP contribution in [0.3, 0.4) is 0 Å². The largest absolute Gasteiger partial charge is 0.493 e. The summed E-state index contributed by atoms with van der Waals surface area (Å²) in [7, 11) is 1.64. The Morgan fingerprint density at radius 3 is 2.92 bits per heavy atom. The number of methoxy groups -OCH3 is 1. The summed E-state index contributed by atoms with van der Waals surface area (Å²) in [6.45, 7) is 1.99. The molecule has 4 rings (SSSR count). The number of amides is 1. The van der Waals surface area contributed by atoms with Crippen LogP contribution in [0.2, 0.25) is 0 Å². The molecular formula is C19H23N3O3. The predicted octanol–water partition coefficient (Wildman–Crippen LogP) is 2.38. The van der Waals surface area contributed by atoms with Crippen LogP contribution in [0, 0.1) is 5.92 Å². The van der Waals surface area contributed by atoms with Crippen LogP contribution in [-0.4, -0.2) is 47.6 Å². The molecule has 1 atom stereocenters. The summed E-state index contributed by atoms with van der Waals surface area (Å²) < 4.78 is 11.2. The van der Waals surface area contributed by atoms with Gasteiger partial charge in [-0.05, 0) is 30.9 Å². The van der Waals surface area contributed by atoms with E-state index in [1.54, 1.807) is 13.3 Å². The third-order valence-corrected chi connectivity index (χ3v) is 5.24. The van der Waals surface area contributed by atoms with Gasteiger partial charge in [0.25, 0.3) is 0 Å². The third-order valence-electron chi connectivity index (χ3n) is 5.24. The van der Waals surface area contributed by atoms with Gasteiger partial charge in [0.05, 0.1) is 13.0 Å². The van der Waals surface area contributed by atoms with Crippen LogP contribution in [0.15, 0.2) is 30.6 Å². The molecule has 1 aromatic carbocycles. The van der Waals surface area contributed by atoms with Crippen LogP contribution in [0.25, 0.3) is 0 Å². The van der Waals surface area contributed by atoms with Crippen molar-refractivity contribution in [1.29, 1.82) is 0 Å². The number of nitrogens with one attached hydrogen (secondary N) is 1. The van der Waals surface area contributed by atoms with E-state index < -0.39 is 0 Å². The van der Waals surface area contributed by atoms with Gasteiger partial charge in [-0.2, -0.15) is 0 Å². The van der Waals surface area contributed by atoms with Crippen LogP contribution < -0.4 is 9.47 Å². The van der Waals surface area contributed by atoms with E-state index in [1.807, 2.05) is 29.3 Å². The van der Waals surface area contributed by atoms with Crippen molar-refractivity contribution >= 4 is 5.91 Å². The highest BCUT2D eigenvalue weighted by Gasteiger charge is 2.33. The van der Waals surface area contributed by atoms with Crippen LogP contribution in [0.1, 0.15) is 30.1 Å². The molecule has 2 aromatic rings. The highest BCUT2D eigenvalue weighted by atomic mass is 16.5. The van der Waals surface area contributed by atoms with Crippen LogP contribution in [0.4, 0.5) is 0 Å². The summed E-state index contributed by atoms with van der Waals surface area (Å²) in [5, 5.41) is 0. The highest BCUT2D eigenvalue weighted by Crippen LogP contribution is 2.37. The molecule has 1 aromatic heterocycles. The topological polar surface area (TPSA) is 67.5 Å². The molecule has 25 heavy (non-hydrogen) atoms. The first-order valence-electron chi connectivity index (χ1n) is 8.83. The number of carbonyl (C=O) groups is 1. The number of H-pyrrole nitrogens is 1. The molecule has 0 saturated carbocycles. The van der Waals surface area contributed by atoms with Crippen LogP contribution in [-0.2, 0) is 11.2 Å². The first-order valence-corrected chi connectivity index (χ1v) is 8.83. The number of hydrogen-bond acceptors (Lipinski definition) is 4. The minimum Gasteiger partial charge on any atom is -0.493 e. The Balaban J connectivity index is 1.39. The van der Waals surface area contributed by atoms with Gasteiger partial charge >= 0.3 is 0 Å². The van der Waals surface area contributed by atoms with E-state index >= 15 is 0 Å². The lowest BCUT2D eigenvalue weighted by Crippen LogP contribution is -2.44. The zero-order valence-corrected chi connectivity index (χ0v) is 14.4. The van der Waals surface area contributed by atoms with E-state index in [1.165, 1.54) is 0 Å². The van der Waals surface area contributed by atoms with Crippen molar-refractivity contribution in [1.82, 2.24) is 14.9 Å². The van der Waals surface area contributed by atoms with Crippen molar-refractivity contribution in [2.75, 3.05) is 26.8 Å². The first kappa shape index (κ1) is 16.0. The molecular weight excluding hydrogens is 318 g/mol. The Morgan fingerprint density at radius 2 is 2.20 bits per heavy atom. The van der Waals surface area contributed by atoms with E-state index in [9.17, 15) is 4.79 Å². The maximum Gasteiger partial charge on any atom is 0.229 e. The van der Waals surface area contributed by atoms with Gasteiger partial charge in [0, 0.05) is 31.4 Å². The normalized spacial score (nSPS) is 20.7. The molecule has 1 amide bonds. The number of fused-ring (bicyclic) bond motifs is 1. The van der Waals surface area contributed by atoms with Crippen LogP contribution in [0.5, 0.6) is 11.5 Å². The summed E-state index contributed by atoms with van der Waals surface area (Å²) in [6.07, 6.45) is 6.27. The number of hydrogen-bond donors (Lipinski definition) is 1. The number of imidazole rings is 1. The first-order chi connectivity index (χ1) is 12.3. The molecule has 3 heterocycles. The average molecular weight is 341 g/mol. The maximum atomic E-state index is 12.9. The zero-order chi connectivity index (χ0) is 17.2. The number of benzene rings is 1. The van der Waals surface area contributed by atoms with E-state index in [0.717, 1.165) is 48.8 Å². The van der Waals surface area contributed by atoms with E-state index in [2.05, 4.69) is 9.97 Å². The van der Waals surface area contributed by atoms with Gasteiger partial charge in [0.15, 0.2) is 11.5 Å². The lowest BCUT2D eigenvalue weighted by Gasteiger charge is -2.35. The average Bonchev–Trinajstić information content (AvgIpc) is 3.21. The molecule has 0 radical (unpaired) electrons. The fourth-order valence-electron chi connectivity index (χ4n) is 3.85. The van der Waals surface area contributed by atoms with Gasteiger partial charge in [-0.1, -0.05) is 12.1 Å². The van der Waals surface area contributed by atoms with Gasteiger partial charge in [-0.25, -0.2) is 4.98 Å². The summed E-state index contributed by atoms with van der Waals surface area (Å²) in [6, 6.07) is 5.85. The summed E-state index contributed by atoms with van der Waals surface area (Å²) in [5.74, 6) is 3.07. The number of aromatic nitrogens is 2. The number of nitrogens with zero attached hydrogens (tertiary/aromatic N) is 2. The Morgan fingerprint density at radius 1 is 1.36 bits per heavy atom. The molecule has 6 heteroatoms. The Labute approximate surface area is 147 Å². The van der Waals surface area contributed by atoms with Crippen molar-refractivity contribution < 1.29 is 14.3 Å². The molecule has 132 valence electrons. The Bertz CT molecular complexity index is 736. The fraction of sp³-hybridized carbons (Fsp3) is 0.474. The molecule has 0 bridgehead atoms. The SMILES string of the molecule is COc1cccc2c1OC[C@H](C(=O)N1CCC(c3ncc[nH]3)CC1)C2. The van der Waals surface area contributed by atoms with Gasteiger partial charge in [0.1, 0.15) is 12.4 Å². The minimum absolute atomic E-state index is 0.111. The number of aromatic amines is 1. The zero-order valence-electron chi connectivity index (χ0n) is 14.4. The predicted molar refractivity (Wildman–Crippen MR) is 92.8 cm³/mol. The molecule has 0 aliphatic carbocycles. The van der Waals surface area contributed by atoms with Crippen molar-refractivity contribution in [2.45, 2.75) is 25.2 Å². The van der Waals surface area contributed by atoms with E-state index in [-0.39, 0.29) is 11.8 Å². The van der Waals surface area contributed by atoms with Crippen molar-refractivity contribution in [3.8, 4) is 11.5 Å². The van der Waals surface area contributed by atoms with Gasteiger partial charge in [-0.15, -0.1) is 0 Å². The van der Waals surface area contributed by atoms with E-state index in [4.69, 9.17) is 9.47 Å². The summed E-state index contributed by atoms with van der Waals surface area (Å²) in [4.78, 5) is 22.4.